The number of anilines is 1. The number of carbonyl (C=O) groups excluding carboxylic acids is 1. The van der Waals surface area contributed by atoms with Gasteiger partial charge in [-0.15, -0.1) is 0 Å². The molecule has 0 radical (unpaired) electrons. The zero-order valence-electron chi connectivity index (χ0n) is 11.0. The van der Waals surface area contributed by atoms with Crippen LogP contribution in [0.1, 0.15) is 41.8 Å². The molecule has 0 saturated carbocycles. The molecule has 2 N–H and O–H groups in total. The van der Waals surface area contributed by atoms with Gasteiger partial charge in [0.1, 0.15) is 0 Å². The van der Waals surface area contributed by atoms with Crippen molar-refractivity contribution in [3.63, 3.8) is 0 Å². The summed E-state index contributed by atoms with van der Waals surface area (Å²) in [7, 11) is 0. The zero-order chi connectivity index (χ0) is 13.0. The van der Waals surface area contributed by atoms with Crippen LogP contribution >= 0.6 is 0 Å². The van der Waals surface area contributed by atoms with Crippen molar-refractivity contribution in [3.05, 3.63) is 28.8 Å². The molecule has 0 amide bonds. The van der Waals surface area contributed by atoms with E-state index in [2.05, 4.69) is 13.8 Å². The highest BCUT2D eigenvalue weighted by Gasteiger charge is 2.13. The monoisotopic (exact) mass is 235 g/mol. The van der Waals surface area contributed by atoms with Crippen LogP contribution in [0, 0.1) is 19.8 Å². The lowest BCUT2D eigenvalue weighted by Gasteiger charge is -2.12. The second kappa shape index (κ2) is 5.71. The summed E-state index contributed by atoms with van der Waals surface area (Å²) in [5.74, 6) is 0.108. The quantitative estimate of drug-likeness (QED) is 0.644. The van der Waals surface area contributed by atoms with Crippen molar-refractivity contribution in [2.45, 2.75) is 34.1 Å². The molecule has 1 rings (SSSR count). The highest BCUT2D eigenvalue weighted by atomic mass is 16.5. The smallest absolute Gasteiger partial charge is 0.338 e. The van der Waals surface area contributed by atoms with Gasteiger partial charge < -0.3 is 10.5 Å². The lowest BCUT2D eigenvalue weighted by atomic mass is 10.0. The average molecular weight is 235 g/mol. The molecule has 0 aliphatic carbocycles. The first-order valence-corrected chi connectivity index (χ1v) is 5.99. The van der Waals surface area contributed by atoms with Crippen LogP contribution in [0.4, 0.5) is 5.69 Å². The van der Waals surface area contributed by atoms with Gasteiger partial charge in [0.15, 0.2) is 0 Å². The SMILES string of the molecule is CCC(C)COC(=O)c1cc(N)c(C)cc1C. The second-order valence-corrected chi connectivity index (χ2v) is 4.64. The van der Waals surface area contributed by atoms with E-state index in [4.69, 9.17) is 10.5 Å². The Balaban J connectivity index is 2.79. The van der Waals surface area contributed by atoms with Crippen molar-refractivity contribution in [1.82, 2.24) is 0 Å². The van der Waals surface area contributed by atoms with Gasteiger partial charge in [-0.25, -0.2) is 4.79 Å². The third-order valence-electron chi connectivity index (χ3n) is 3.03. The number of nitrogen functional groups attached to an aromatic ring is 1. The molecule has 0 aromatic heterocycles. The molecular formula is C14H21NO2. The number of benzene rings is 1. The lowest BCUT2D eigenvalue weighted by Crippen LogP contribution is -2.13. The van der Waals surface area contributed by atoms with Gasteiger partial charge in [0.2, 0.25) is 0 Å². The Morgan fingerprint density at radius 2 is 2.00 bits per heavy atom. The third-order valence-corrected chi connectivity index (χ3v) is 3.03. The first-order chi connectivity index (χ1) is 7.95. The maximum Gasteiger partial charge on any atom is 0.338 e. The predicted molar refractivity (Wildman–Crippen MR) is 70.1 cm³/mol. The molecular weight excluding hydrogens is 214 g/mol. The second-order valence-electron chi connectivity index (χ2n) is 4.64. The van der Waals surface area contributed by atoms with Gasteiger partial charge in [-0.2, -0.15) is 0 Å². The number of hydrogen-bond donors (Lipinski definition) is 1. The molecule has 0 spiro atoms. The Morgan fingerprint density at radius 1 is 1.35 bits per heavy atom. The zero-order valence-corrected chi connectivity index (χ0v) is 11.0. The van der Waals surface area contributed by atoms with Crippen LogP contribution in [0.25, 0.3) is 0 Å². The highest BCUT2D eigenvalue weighted by Crippen LogP contribution is 2.19. The largest absolute Gasteiger partial charge is 0.462 e. The van der Waals surface area contributed by atoms with Crippen LogP contribution in [0.3, 0.4) is 0 Å². The van der Waals surface area contributed by atoms with Crippen LogP contribution in [0.15, 0.2) is 12.1 Å². The van der Waals surface area contributed by atoms with Crippen molar-refractivity contribution in [1.29, 1.82) is 0 Å². The number of esters is 1. The van der Waals surface area contributed by atoms with Gasteiger partial charge in [-0.3, -0.25) is 0 Å². The summed E-state index contributed by atoms with van der Waals surface area (Å²) in [5.41, 5.74) is 8.89. The summed E-state index contributed by atoms with van der Waals surface area (Å²) in [6.07, 6.45) is 1.00. The molecule has 1 aromatic rings. The van der Waals surface area contributed by atoms with Crippen molar-refractivity contribution in [2.75, 3.05) is 12.3 Å². The van der Waals surface area contributed by atoms with Crippen molar-refractivity contribution >= 4 is 11.7 Å². The summed E-state index contributed by atoms with van der Waals surface area (Å²) < 4.78 is 5.26. The van der Waals surface area contributed by atoms with Crippen LogP contribution in [-0.2, 0) is 4.74 Å². The minimum atomic E-state index is -0.283. The van der Waals surface area contributed by atoms with E-state index in [0.717, 1.165) is 17.5 Å². The summed E-state index contributed by atoms with van der Waals surface area (Å²) in [4.78, 5) is 11.9. The Morgan fingerprint density at radius 3 is 2.59 bits per heavy atom. The molecule has 1 aromatic carbocycles. The van der Waals surface area contributed by atoms with Gasteiger partial charge in [0, 0.05) is 5.69 Å². The van der Waals surface area contributed by atoms with E-state index in [0.29, 0.717) is 23.8 Å². The fraction of sp³-hybridized carbons (Fsp3) is 0.500. The van der Waals surface area contributed by atoms with E-state index in [1.165, 1.54) is 0 Å². The van der Waals surface area contributed by atoms with E-state index in [1.807, 2.05) is 19.9 Å². The van der Waals surface area contributed by atoms with Gasteiger partial charge >= 0.3 is 5.97 Å². The van der Waals surface area contributed by atoms with E-state index < -0.39 is 0 Å². The molecule has 3 heteroatoms. The molecule has 1 atom stereocenters. The fourth-order valence-electron chi connectivity index (χ4n) is 1.50. The molecule has 0 aliphatic rings. The third kappa shape index (κ3) is 3.48. The van der Waals surface area contributed by atoms with Crippen LogP contribution in [-0.4, -0.2) is 12.6 Å². The topological polar surface area (TPSA) is 52.3 Å². The maximum absolute atomic E-state index is 11.9. The van der Waals surface area contributed by atoms with Crippen molar-refractivity contribution in [2.24, 2.45) is 5.92 Å². The summed E-state index contributed by atoms with van der Waals surface area (Å²) in [6, 6.07) is 3.61. The van der Waals surface area contributed by atoms with E-state index in [9.17, 15) is 4.79 Å². The molecule has 94 valence electrons. The number of hydrogen-bond acceptors (Lipinski definition) is 3. The highest BCUT2D eigenvalue weighted by molar-refractivity contribution is 5.92. The van der Waals surface area contributed by atoms with Crippen LogP contribution < -0.4 is 5.73 Å². The molecule has 0 aliphatic heterocycles. The molecule has 1 unspecified atom stereocenters. The van der Waals surface area contributed by atoms with Gasteiger partial charge in [-0.05, 0) is 37.0 Å². The number of ether oxygens (including phenoxy) is 1. The van der Waals surface area contributed by atoms with E-state index in [-0.39, 0.29) is 5.97 Å². The number of carbonyl (C=O) groups is 1. The Hall–Kier alpha value is -1.51. The first kappa shape index (κ1) is 13.6. The average Bonchev–Trinajstić information content (AvgIpc) is 2.30. The molecule has 0 fully saturated rings. The van der Waals surface area contributed by atoms with Gasteiger partial charge in [0.05, 0.1) is 12.2 Å². The normalized spacial score (nSPS) is 12.2. The van der Waals surface area contributed by atoms with Gasteiger partial charge in [0.25, 0.3) is 0 Å². The van der Waals surface area contributed by atoms with E-state index in [1.54, 1.807) is 6.07 Å². The molecule has 0 heterocycles. The van der Waals surface area contributed by atoms with Crippen LogP contribution in [0.2, 0.25) is 0 Å². The van der Waals surface area contributed by atoms with Crippen molar-refractivity contribution < 1.29 is 9.53 Å². The molecule has 0 saturated heterocycles. The Kier molecular flexibility index (Phi) is 4.55. The first-order valence-electron chi connectivity index (χ1n) is 5.99. The predicted octanol–water partition coefficient (Wildman–Crippen LogP) is 3.09. The van der Waals surface area contributed by atoms with Crippen molar-refractivity contribution in [3.8, 4) is 0 Å². The molecule has 17 heavy (non-hydrogen) atoms. The van der Waals surface area contributed by atoms with Gasteiger partial charge in [-0.1, -0.05) is 26.3 Å². The summed E-state index contributed by atoms with van der Waals surface area (Å²) in [6.45, 7) is 8.42. The molecule has 3 nitrogen and oxygen atoms in total. The fourth-order valence-corrected chi connectivity index (χ4v) is 1.50. The Bertz CT molecular complexity index is 413. The minimum absolute atomic E-state index is 0.283. The standard InChI is InChI=1S/C14H21NO2/c1-5-9(2)8-17-14(16)12-7-13(15)11(4)6-10(12)3/h6-7,9H,5,8,15H2,1-4H3. The van der Waals surface area contributed by atoms with Crippen LogP contribution in [0.5, 0.6) is 0 Å². The summed E-state index contributed by atoms with van der Waals surface area (Å²) >= 11 is 0. The lowest BCUT2D eigenvalue weighted by molar-refractivity contribution is 0.0446. The number of aryl methyl sites for hydroxylation is 2. The maximum atomic E-state index is 11.9. The number of rotatable bonds is 4. The summed E-state index contributed by atoms with van der Waals surface area (Å²) in [5, 5.41) is 0. The van der Waals surface area contributed by atoms with E-state index >= 15 is 0 Å². The minimum Gasteiger partial charge on any atom is -0.462 e. The number of nitrogens with two attached hydrogens (primary N) is 1. The molecule has 0 bridgehead atoms. The Labute approximate surface area is 103 Å².